The molecule has 0 amide bonds. The fourth-order valence-electron chi connectivity index (χ4n) is 4.80. The first kappa shape index (κ1) is 35.2. The molecule has 0 aliphatic carbocycles. The third-order valence-electron chi connectivity index (χ3n) is 7.19. The number of fused-ring (bicyclic) bond motifs is 2. The van der Waals surface area contributed by atoms with Crippen LogP contribution in [0.1, 0.15) is 44.2 Å². The van der Waals surface area contributed by atoms with Gasteiger partial charge in [-0.3, -0.25) is 0 Å². The Morgan fingerprint density at radius 1 is 0.622 bits per heavy atom. The zero-order chi connectivity index (χ0) is 32.7. The van der Waals surface area contributed by atoms with Gasteiger partial charge in [0.15, 0.2) is 0 Å². The van der Waals surface area contributed by atoms with E-state index < -0.39 is 12.2 Å². The number of methoxy groups -OCH3 is 2. The van der Waals surface area contributed by atoms with Gasteiger partial charge in [-0.2, -0.15) is 0 Å². The molecule has 6 rings (SSSR count). The average Bonchev–Trinajstić information content (AvgIpc) is 3.56. The monoisotopic (exact) mass is 698 g/mol. The number of aliphatic hydroxyl groups excluding tert-OH is 2. The number of thiophene rings is 2. The van der Waals surface area contributed by atoms with E-state index in [9.17, 15) is 10.2 Å². The molecule has 4 aromatic carbocycles. The number of aryl methyl sites for hydroxylation is 2. The minimum Gasteiger partial charge on any atom is -0.497 e. The van der Waals surface area contributed by atoms with Crippen LogP contribution in [0.5, 0.6) is 11.5 Å². The second kappa shape index (κ2) is 16.2. The van der Waals surface area contributed by atoms with Gasteiger partial charge in [0.2, 0.25) is 0 Å². The second-order valence-corrected chi connectivity index (χ2v) is 14.2. The van der Waals surface area contributed by atoms with E-state index in [0.29, 0.717) is 10.0 Å². The largest absolute Gasteiger partial charge is 0.497 e. The van der Waals surface area contributed by atoms with Crippen LogP contribution in [0.4, 0.5) is 0 Å². The molecule has 2 heterocycles. The Balaban J connectivity index is 0.000000189. The summed E-state index contributed by atoms with van der Waals surface area (Å²) >= 11 is 15.9. The molecule has 6 aromatic rings. The first-order chi connectivity index (χ1) is 21.6. The molecule has 4 nitrogen and oxygen atoms in total. The van der Waals surface area contributed by atoms with Gasteiger partial charge >= 0.3 is 0 Å². The van der Waals surface area contributed by atoms with Gasteiger partial charge in [0.1, 0.15) is 23.7 Å². The fraction of sp³-hybridized carbons (Fsp3) is 0.222. The lowest BCUT2D eigenvalue weighted by Crippen LogP contribution is -2.00. The molecular formula is C36H37Cl2O4PS2. The van der Waals surface area contributed by atoms with Gasteiger partial charge in [-0.05, 0) is 85.8 Å². The third kappa shape index (κ3) is 8.01. The standard InChI is InChI=1S/2C17H15ClO2S.C2H7P/c2*1-10-5-3-4-6-12(10)16(19)17-15(18)13-8-7-11(20-2)9-14(13)21-17;1-3-2/h2*3-9,16,19H,1-2H3;3H,1-2H3. The molecule has 45 heavy (non-hydrogen) atoms. The molecule has 2 unspecified atom stereocenters. The van der Waals surface area contributed by atoms with Crippen LogP contribution in [0.3, 0.4) is 0 Å². The van der Waals surface area contributed by atoms with Crippen molar-refractivity contribution < 1.29 is 19.7 Å². The second-order valence-electron chi connectivity index (χ2n) is 10.3. The highest BCUT2D eigenvalue weighted by atomic mass is 35.5. The average molecular weight is 700 g/mol. The molecule has 0 saturated carbocycles. The molecule has 0 bridgehead atoms. The normalized spacial score (nSPS) is 12.1. The Morgan fingerprint density at radius 3 is 1.31 bits per heavy atom. The van der Waals surface area contributed by atoms with Crippen molar-refractivity contribution in [1.82, 2.24) is 0 Å². The SMILES string of the molecule is COc1ccc2c(Cl)c(C(O)c3ccccc3C)sc2c1.COc1ccc2c(Cl)c(C(O)c3ccccc3C)sc2c1.CPC. The van der Waals surface area contributed by atoms with Crippen LogP contribution in [0.25, 0.3) is 20.2 Å². The van der Waals surface area contributed by atoms with Gasteiger partial charge < -0.3 is 19.7 Å². The maximum Gasteiger partial charge on any atom is 0.120 e. The van der Waals surface area contributed by atoms with E-state index in [1.807, 2.05) is 98.8 Å². The predicted molar refractivity (Wildman–Crippen MR) is 197 cm³/mol. The van der Waals surface area contributed by atoms with Crippen molar-refractivity contribution in [2.75, 3.05) is 27.5 Å². The van der Waals surface area contributed by atoms with E-state index in [0.717, 1.165) is 72.3 Å². The maximum atomic E-state index is 10.7. The van der Waals surface area contributed by atoms with Crippen LogP contribution in [0.2, 0.25) is 10.0 Å². The summed E-state index contributed by atoms with van der Waals surface area (Å²) in [4.78, 5) is 1.54. The van der Waals surface area contributed by atoms with Gasteiger partial charge in [0, 0.05) is 20.2 Å². The van der Waals surface area contributed by atoms with E-state index in [-0.39, 0.29) is 0 Å². The van der Waals surface area contributed by atoms with Crippen molar-refractivity contribution in [3.05, 3.63) is 127 Å². The molecule has 236 valence electrons. The van der Waals surface area contributed by atoms with Crippen LogP contribution in [-0.4, -0.2) is 37.8 Å². The summed E-state index contributed by atoms with van der Waals surface area (Å²) in [6, 6.07) is 27.1. The summed E-state index contributed by atoms with van der Waals surface area (Å²) in [5, 5.41) is 24.5. The molecule has 0 spiro atoms. The van der Waals surface area contributed by atoms with Gasteiger partial charge in [-0.25, -0.2) is 0 Å². The van der Waals surface area contributed by atoms with E-state index in [2.05, 4.69) is 13.3 Å². The lowest BCUT2D eigenvalue weighted by atomic mass is 10.0. The van der Waals surface area contributed by atoms with Crippen molar-refractivity contribution in [3.8, 4) is 11.5 Å². The molecule has 0 aliphatic rings. The Hall–Kier alpha value is -2.67. The summed E-state index contributed by atoms with van der Waals surface area (Å²) in [5.74, 6) is 1.58. The molecule has 2 atom stereocenters. The lowest BCUT2D eigenvalue weighted by molar-refractivity contribution is 0.223. The molecule has 0 fully saturated rings. The first-order valence-electron chi connectivity index (χ1n) is 14.2. The molecule has 2 N–H and O–H groups in total. The zero-order valence-electron chi connectivity index (χ0n) is 26.0. The smallest absolute Gasteiger partial charge is 0.120 e. The van der Waals surface area contributed by atoms with Gasteiger partial charge in [0.25, 0.3) is 0 Å². The molecule has 0 saturated heterocycles. The van der Waals surface area contributed by atoms with Crippen molar-refractivity contribution in [2.45, 2.75) is 26.1 Å². The fourth-order valence-corrected chi connectivity index (χ4v) is 7.94. The Morgan fingerprint density at radius 2 is 0.978 bits per heavy atom. The molecule has 0 aliphatic heterocycles. The summed E-state index contributed by atoms with van der Waals surface area (Å²) in [6.07, 6.45) is -1.41. The molecule has 2 aromatic heterocycles. The number of ether oxygens (including phenoxy) is 2. The van der Waals surface area contributed by atoms with E-state index in [1.54, 1.807) is 14.2 Å². The zero-order valence-corrected chi connectivity index (χ0v) is 30.2. The van der Waals surface area contributed by atoms with Gasteiger partial charge in [0.05, 0.1) is 34.0 Å². The highest BCUT2D eigenvalue weighted by Crippen LogP contribution is 2.44. The predicted octanol–water partition coefficient (Wildman–Crippen LogP) is 10.8. The summed E-state index contributed by atoms with van der Waals surface area (Å²) in [6.45, 7) is 8.28. The van der Waals surface area contributed by atoms with Crippen molar-refractivity contribution in [2.24, 2.45) is 0 Å². The van der Waals surface area contributed by atoms with Crippen LogP contribution < -0.4 is 9.47 Å². The van der Waals surface area contributed by atoms with Gasteiger partial charge in [-0.1, -0.05) is 71.7 Å². The number of halogens is 2. The van der Waals surface area contributed by atoms with Gasteiger partial charge in [-0.15, -0.1) is 31.3 Å². The lowest BCUT2D eigenvalue weighted by Gasteiger charge is -2.12. The van der Waals surface area contributed by atoms with Crippen molar-refractivity contribution in [1.29, 1.82) is 0 Å². The summed E-state index contributed by atoms with van der Waals surface area (Å²) in [7, 11) is 4.36. The Bertz CT molecular complexity index is 1750. The topological polar surface area (TPSA) is 58.9 Å². The van der Waals surface area contributed by atoms with Crippen LogP contribution in [-0.2, 0) is 0 Å². The number of hydrogen-bond donors (Lipinski definition) is 2. The first-order valence-corrected chi connectivity index (χ1v) is 18.6. The Kier molecular flexibility index (Phi) is 12.7. The van der Waals surface area contributed by atoms with Crippen LogP contribution in [0.15, 0.2) is 84.9 Å². The van der Waals surface area contributed by atoms with Crippen LogP contribution in [0, 0.1) is 13.8 Å². The minimum absolute atomic E-state index is 0.619. The molecule has 9 heteroatoms. The molecular weight excluding hydrogens is 662 g/mol. The number of hydrogen-bond acceptors (Lipinski definition) is 6. The van der Waals surface area contributed by atoms with Crippen molar-refractivity contribution in [3.63, 3.8) is 0 Å². The molecule has 0 radical (unpaired) electrons. The highest BCUT2D eigenvalue weighted by Gasteiger charge is 2.22. The van der Waals surface area contributed by atoms with E-state index >= 15 is 0 Å². The van der Waals surface area contributed by atoms with Crippen molar-refractivity contribution >= 4 is 74.6 Å². The summed E-state index contributed by atoms with van der Waals surface area (Å²) in [5.41, 5.74) is 3.88. The number of aliphatic hydroxyl groups is 2. The summed E-state index contributed by atoms with van der Waals surface area (Å²) < 4.78 is 12.5. The highest BCUT2D eigenvalue weighted by molar-refractivity contribution is 7.35. The van der Waals surface area contributed by atoms with E-state index in [4.69, 9.17) is 32.7 Å². The third-order valence-corrected chi connectivity index (χ3v) is 10.6. The van der Waals surface area contributed by atoms with Crippen LogP contribution >= 0.6 is 54.5 Å². The number of benzene rings is 4. The van der Waals surface area contributed by atoms with E-state index in [1.165, 1.54) is 22.7 Å². The Labute approximate surface area is 285 Å². The quantitative estimate of drug-likeness (QED) is 0.170. The number of rotatable bonds is 6. The maximum absolute atomic E-state index is 10.7. The minimum atomic E-state index is -0.706.